The molecule has 3 unspecified atom stereocenters. The maximum atomic E-state index is 13.7. The number of hydrogen-bond acceptors (Lipinski definition) is 5. The zero-order valence-corrected chi connectivity index (χ0v) is 24.9. The fraction of sp³-hybridized carbons (Fsp3) is 0.562. The van der Waals surface area contributed by atoms with Crippen LogP contribution in [0.1, 0.15) is 54.6 Å². The molecular weight excluding hydrogens is 486 g/mol. The molecule has 4 rings (SSSR count). The van der Waals surface area contributed by atoms with E-state index in [1.165, 1.54) is 5.56 Å². The second-order valence-electron chi connectivity index (χ2n) is 12.0. The van der Waals surface area contributed by atoms with Crippen molar-refractivity contribution in [3.8, 4) is 11.1 Å². The van der Waals surface area contributed by atoms with Crippen molar-refractivity contribution in [1.82, 2.24) is 20.4 Å². The van der Waals surface area contributed by atoms with Gasteiger partial charge in [-0.1, -0.05) is 31.2 Å². The number of rotatable bonds is 8. The summed E-state index contributed by atoms with van der Waals surface area (Å²) in [5, 5.41) is 6.60. The average molecular weight is 534 g/mol. The average Bonchev–Trinajstić information content (AvgIpc) is 2.92. The number of piperidine rings is 2. The van der Waals surface area contributed by atoms with Crippen LogP contribution in [0.3, 0.4) is 0 Å². The number of hydrogen-bond donors (Lipinski definition) is 2. The minimum absolute atomic E-state index is 0.111. The summed E-state index contributed by atoms with van der Waals surface area (Å²) in [6.07, 6.45) is 3.11. The first kappa shape index (κ1) is 29.1. The van der Waals surface area contributed by atoms with Gasteiger partial charge in [0.2, 0.25) is 5.91 Å². The summed E-state index contributed by atoms with van der Waals surface area (Å²) >= 11 is 0. The summed E-state index contributed by atoms with van der Waals surface area (Å²) in [6.45, 7) is 9.53. The van der Waals surface area contributed by atoms with Crippen LogP contribution in [-0.4, -0.2) is 81.5 Å². The molecule has 0 saturated carbocycles. The molecule has 2 aromatic carbocycles. The standard InChI is InChI=1S/C32H47N5O2/c1-21-16-22(2)36(6)32(39)29(21)19-34-31(38)28-17-26(25-10-8-24(9-11-25)20-35(4)5)18-30(23(28)3)37(7)27-12-14-33-15-13-27/h8-11,17-18,21-22,27,29,33H,12-16,19-20H2,1-7H3,(H,34,38). The lowest BCUT2D eigenvalue weighted by Crippen LogP contribution is -2.51. The van der Waals surface area contributed by atoms with E-state index >= 15 is 0 Å². The highest BCUT2D eigenvalue weighted by Crippen LogP contribution is 2.33. The van der Waals surface area contributed by atoms with Gasteiger partial charge in [-0.15, -0.1) is 0 Å². The number of anilines is 1. The van der Waals surface area contributed by atoms with Gasteiger partial charge in [-0.05, 0) is 101 Å². The SMILES string of the molecule is Cc1c(C(=O)NCC2C(=O)N(C)C(C)CC2C)cc(-c2ccc(CN(C)C)cc2)cc1N(C)C1CCNCC1. The van der Waals surface area contributed by atoms with Gasteiger partial charge < -0.3 is 25.3 Å². The molecule has 7 heteroatoms. The first-order valence-corrected chi connectivity index (χ1v) is 14.4. The van der Waals surface area contributed by atoms with E-state index in [-0.39, 0.29) is 29.7 Å². The van der Waals surface area contributed by atoms with Crippen molar-refractivity contribution >= 4 is 17.5 Å². The van der Waals surface area contributed by atoms with Crippen LogP contribution in [0.5, 0.6) is 0 Å². The molecule has 0 bridgehead atoms. The van der Waals surface area contributed by atoms with Crippen LogP contribution in [0.4, 0.5) is 5.69 Å². The number of carbonyl (C=O) groups is 2. The van der Waals surface area contributed by atoms with Crippen LogP contribution in [0.2, 0.25) is 0 Å². The van der Waals surface area contributed by atoms with Gasteiger partial charge in [-0.2, -0.15) is 0 Å². The summed E-state index contributed by atoms with van der Waals surface area (Å²) in [6, 6.07) is 13.5. The number of nitrogens with zero attached hydrogens (tertiary/aromatic N) is 3. The molecule has 0 radical (unpaired) electrons. The van der Waals surface area contributed by atoms with Crippen LogP contribution in [0, 0.1) is 18.8 Å². The Labute approximate surface area is 234 Å². The molecule has 39 heavy (non-hydrogen) atoms. The van der Waals surface area contributed by atoms with Crippen molar-refractivity contribution in [3.63, 3.8) is 0 Å². The van der Waals surface area contributed by atoms with E-state index in [0.29, 0.717) is 18.2 Å². The van der Waals surface area contributed by atoms with Crippen molar-refractivity contribution < 1.29 is 9.59 Å². The topological polar surface area (TPSA) is 67.9 Å². The molecule has 0 aliphatic carbocycles. The lowest BCUT2D eigenvalue weighted by molar-refractivity contribution is -0.141. The van der Waals surface area contributed by atoms with Crippen molar-refractivity contribution in [3.05, 3.63) is 53.1 Å². The van der Waals surface area contributed by atoms with Crippen LogP contribution in [-0.2, 0) is 11.3 Å². The molecule has 2 heterocycles. The number of nitrogens with one attached hydrogen (secondary N) is 2. The Kier molecular flexibility index (Phi) is 9.34. The smallest absolute Gasteiger partial charge is 0.251 e. The van der Waals surface area contributed by atoms with Gasteiger partial charge in [0, 0.05) is 50.5 Å². The molecule has 7 nitrogen and oxygen atoms in total. The fourth-order valence-corrected chi connectivity index (χ4v) is 6.20. The van der Waals surface area contributed by atoms with E-state index in [1.54, 1.807) is 0 Å². The predicted molar refractivity (Wildman–Crippen MR) is 160 cm³/mol. The zero-order valence-electron chi connectivity index (χ0n) is 24.9. The molecule has 2 N–H and O–H groups in total. The van der Waals surface area contributed by atoms with Crippen LogP contribution >= 0.6 is 0 Å². The molecule has 2 saturated heterocycles. The third kappa shape index (κ3) is 6.64. The van der Waals surface area contributed by atoms with Crippen molar-refractivity contribution in [2.75, 3.05) is 52.7 Å². The Morgan fingerprint density at radius 1 is 1.05 bits per heavy atom. The number of carbonyl (C=O) groups excluding carboxylic acids is 2. The second-order valence-corrected chi connectivity index (χ2v) is 12.0. The molecule has 2 amide bonds. The first-order valence-electron chi connectivity index (χ1n) is 14.4. The summed E-state index contributed by atoms with van der Waals surface area (Å²) in [7, 11) is 8.17. The zero-order chi connectivity index (χ0) is 28.3. The highest BCUT2D eigenvalue weighted by molar-refractivity contribution is 5.99. The van der Waals surface area contributed by atoms with Crippen LogP contribution in [0.15, 0.2) is 36.4 Å². The van der Waals surface area contributed by atoms with Gasteiger partial charge in [0.1, 0.15) is 0 Å². The summed E-state index contributed by atoms with van der Waals surface area (Å²) < 4.78 is 0. The Balaban J connectivity index is 1.64. The number of benzene rings is 2. The van der Waals surface area contributed by atoms with E-state index in [2.05, 4.69) is 92.7 Å². The van der Waals surface area contributed by atoms with Gasteiger partial charge in [0.15, 0.2) is 0 Å². The van der Waals surface area contributed by atoms with Crippen molar-refractivity contribution in [1.29, 1.82) is 0 Å². The summed E-state index contributed by atoms with van der Waals surface area (Å²) in [5.74, 6) is 0.0504. The molecular formula is C32H47N5O2. The Morgan fingerprint density at radius 2 is 1.72 bits per heavy atom. The van der Waals surface area contributed by atoms with E-state index in [1.807, 2.05) is 18.0 Å². The summed E-state index contributed by atoms with van der Waals surface area (Å²) in [5.41, 5.74) is 6.14. The van der Waals surface area contributed by atoms with Crippen molar-refractivity contribution in [2.45, 2.75) is 58.7 Å². The maximum absolute atomic E-state index is 13.7. The summed E-state index contributed by atoms with van der Waals surface area (Å²) in [4.78, 5) is 33.0. The van der Waals surface area contributed by atoms with Gasteiger partial charge in [0.05, 0.1) is 5.92 Å². The first-order chi connectivity index (χ1) is 18.6. The highest BCUT2D eigenvalue weighted by atomic mass is 16.2. The molecule has 212 valence electrons. The van der Waals surface area contributed by atoms with Crippen LogP contribution in [0.25, 0.3) is 11.1 Å². The quantitative estimate of drug-likeness (QED) is 0.534. The third-order valence-corrected chi connectivity index (χ3v) is 8.86. The molecule has 0 aromatic heterocycles. The van der Waals surface area contributed by atoms with E-state index in [4.69, 9.17) is 0 Å². The van der Waals surface area contributed by atoms with Gasteiger partial charge in [-0.3, -0.25) is 9.59 Å². The second kappa shape index (κ2) is 12.5. The van der Waals surface area contributed by atoms with Gasteiger partial charge in [-0.25, -0.2) is 0 Å². The highest BCUT2D eigenvalue weighted by Gasteiger charge is 2.36. The molecule has 2 fully saturated rings. The monoisotopic (exact) mass is 533 g/mol. The fourth-order valence-electron chi connectivity index (χ4n) is 6.20. The third-order valence-electron chi connectivity index (χ3n) is 8.86. The van der Waals surface area contributed by atoms with E-state index in [9.17, 15) is 9.59 Å². The van der Waals surface area contributed by atoms with Crippen LogP contribution < -0.4 is 15.5 Å². The minimum Gasteiger partial charge on any atom is -0.371 e. The normalized spacial score (nSPS) is 22.3. The van der Waals surface area contributed by atoms with E-state index in [0.717, 1.165) is 61.3 Å². The molecule has 2 aliphatic rings. The lowest BCUT2D eigenvalue weighted by atomic mass is 9.83. The molecule has 3 atom stereocenters. The van der Waals surface area contributed by atoms with Gasteiger partial charge >= 0.3 is 0 Å². The molecule has 2 aromatic rings. The Hall–Kier alpha value is -2.90. The lowest BCUT2D eigenvalue weighted by Gasteiger charge is -2.39. The Morgan fingerprint density at radius 3 is 2.36 bits per heavy atom. The van der Waals surface area contributed by atoms with Gasteiger partial charge in [0.25, 0.3) is 5.91 Å². The maximum Gasteiger partial charge on any atom is 0.251 e. The number of amides is 2. The largest absolute Gasteiger partial charge is 0.371 e. The predicted octanol–water partition coefficient (Wildman–Crippen LogP) is 4.14. The minimum atomic E-state index is -0.195. The van der Waals surface area contributed by atoms with E-state index < -0.39 is 0 Å². The molecule has 2 aliphatic heterocycles. The van der Waals surface area contributed by atoms with Crippen molar-refractivity contribution in [2.24, 2.45) is 11.8 Å². The number of likely N-dealkylation sites (tertiary alicyclic amines) is 1. The Bertz CT molecular complexity index is 1160. The molecule has 0 spiro atoms.